The third kappa shape index (κ3) is 5.53. The van der Waals surface area contributed by atoms with E-state index in [9.17, 15) is 0 Å². The Morgan fingerprint density at radius 3 is 1.18 bits per heavy atom. The minimum atomic E-state index is 1.20. The second kappa shape index (κ2) is 13.9. The summed E-state index contributed by atoms with van der Waals surface area (Å²) in [5.41, 5.74) is 14.8. The maximum atomic E-state index is 2.44. The lowest BCUT2D eigenvalue weighted by Gasteiger charge is -2.22. The molecule has 278 valence electrons. The summed E-state index contributed by atoms with van der Waals surface area (Å²) in [4.78, 5) is 0. The Morgan fingerprint density at radius 2 is 0.600 bits per heavy atom. The van der Waals surface area contributed by atoms with E-state index in [-0.39, 0.29) is 0 Å². The van der Waals surface area contributed by atoms with Crippen molar-refractivity contribution in [1.82, 2.24) is 0 Å². The first-order chi connectivity index (χ1) is 29.8. The van der Waals surface area contributed by atoms with Crippen molar-refractivity contribution in [3.05, 3.63) is 231 Å². The molecule has 0 spiro atoms. The molecule has 0 aliphatic rings. The first-order valence-corrected chi connectivity index (χ1v) is 20.8. The number of hydrogen-bond donors (Lipinski definition) is 0. The molecule has 0 saturated heterocycles. The molecule has 0 amide bonds. The van der Waals surface area contributed by atoms with E-state index in [1.54, 1.807) is 0 Å². The largest absolute Gasteiger partial charge is 0.0622 e. The fourth-order valence-electron chi connectivity index (χ4n) is 9.82. The Balaban J connectivity index is 1.17. The van der Waals surface area contributed by atoms with Crippen molar-refractivity contribution in [1.29, 1.82) is 0 Å². The molecule has 12 aromatic carbocycles. The average Bonchev–Trinajstić information content (AvgIpc) is 3.33. The summed E-state index contributed by atoms with van der Waals surface area (Å²) >= 11 is 0. The van der Waals surface area contributed by atoms with E-state index in [2.05, 4.69) is 231 Å². The van der Waals surface area contributed by atoms with Gasteiger partial charge in [0.2, 0.25) is 0 Å². The summed E-state index contributed by atoms with van der Waals surface area (Å²) in [6.07, 6.45) is 0. The molecule has 0 N–H and O–H groups in total. The van der Waals surface area contributed by atoms with Gasteiger partial charge in [0.15, 0.2) is 0 Å². The maximum Gasteiger partial charge on any atom is -0.00139 e. The second-order valence-corrected chi connectivity index (χ2v) is 16.0. The van der Waals surface area contributed by atoms with Crippen molar-refractivity contribution >= 4 is 53.9 Å². The molecule has 0 atom stereocenters. The van der Waals surface area contributed by atoms with Gasteiger partial charge in [0, 0.05) is 0 Å². The predicted molar refractivity (Wildman–Crippen MR) is 258 cm³/mol. The van der Waals surface area contributed by atoms with Crippen molar-refractivity contribution in [2.45, 2.75) is 0 Å². The van der Waals surface area contributed by atoms with Gasteiger partial charge < -0.3 is 0 Å². The molecule has 0 saturated carbocycles. The van der Waals surface area contributed by atoms with E-state index in [4.69, 9.17) is 0 Å². The molecule has 0 unspecified atom stereocenters. The van der Waals surface area contributed by atoms with E-state index in [0.717, 1.165) is 0 Å². The predicted octanol–water partition coefficient (Wildman–Crippen LogP) is 16.9. The summed E-state index contributed by atoms with van der Waals surface area (Å²) in [5, 5.41) is 12.7. The highest BCUT2D eigenvalue weighted by Crippen LogP contribution is 2.49. The first-order valence-electron chi connectivity index (χ1n) is 20.8. The second-order valence-electron chi connectivity index (χ2n) is 16.0. The molecule has 0 aromatic heterocycles. The van der Waals surface area contributed by atoms with E-state index in [1.807, 2.05) is 0 Å². The Hall–Kier alpha value is -7.80. The van der Waals surface area contributed by atoms with Crippen LogP contribution >= 0.6 is 0 Å². The zero-order valence-electron chi connectivity index (χ0n) is 32.9. The minimum absolute atomic E-state index is 1.20. The van der Waals surface area contributed by atoms with Gasteiger partial charge in [-0.25, -0.2) is 0 Å². The molecule has 0 aliphatic carbocycles. The Labute approximate surface area is 349 Å². The molecule has 0 fully saturated rings. The lowest BCUT2D eigenvalue weighted by atomic mass is 9.81. The van der Waals surface area contributed by atoms with Crippen LogP contribution in [0.5, 0.6) is 0 Å². The Morgan fingerprint density at radius 1 is 0.183 bits per heavy atom. The highest BCUT2D eigenvalue weighted by atomic mass is 14.2. The smallest absolute Gasteiger partial charge is 0.00139 e. The van der Waals surface area contributed by atoms with Gasteiger partial charge in [-0.05, 0) is 145 Å². The van der Waals surface area contributed by atoms with Crippen LogP contribution in [0.3, 0.4) is 0 Å². The molecule has 60 heavy (non-hydrogen) atoms. The van der Waals surface area contributed by atoms with E-state index in [1.165, 1.54) is 121 Å². The summed E-state index contributed by atoms with van der Waals surface area (Å²) in [7, 11) is 0. The van der Waals surface area contributed by atoms with Crippen LogP contribution in [0.15, 0.2) is 231 Å². The van der Waals surface area contributed by atoms with E-state index in [0.29, 0.717) is 0 Å². The fourth-order valence-corrected chi connectivity index (χ4v) is 9.82. The molecule has 0 bridgehead atoms. The summed E-state index contributed by atoms with van der Waals surface area (Å²) < 4.78 is 0. The van der Waals surface area contributed by atoms with E-state index >= 15 is 0 Å². The fraction of sp³-hybridized carbons (Fsp3) is 0. The normalized spacial score (nSPS) is 11.7. The zero-order valence-corrected chi connectivity index (χ0v) is 32.9. The van der Waals surface area contributed by atoms with Crippen LogP contribution in [0.25, 0.3) is 121 Å². The average molecular weight is 759 g/mol. The minimum Gasteiger partial charge on any atom is -0.0622 e. The van der Waals surface area contributed by atoms with Gasteiger partial charge in [-0.15, -0.1) is 0 Å². The number of rotatable bonds is 6. The van der Waals surface area contributed by atoms with Gasteiger partial charge in [-0.3, -0.25) is 0 Å². The van der Waals surface area contributed by atoms with Gasteiger partial charge in [-0.2, -0.15) is 0 Å². The van der Waals surface area contributed by atoms with Crippen LogP contribution in [0.1, 0.15) is 0 Å². The topological polar surface area (TPSA) is 0 Å². The van der Waals surface area contributed by atoms with Crippen LogP contribution in [0, 0.1) is 0 Å². The van der Waals surface area contributed by atoms with Crippen LogP contribution in [0.4, 0.5) is 0 Å². The zero-order chi connectivity index (χ0) is 39.6. The molecular weight excluding hydrogens is 721 g/mol. The van der Waals surface area contributed by atoms with Crippen LogP contribution in [0.2, 0.25) is 0 Å². The number of hydrogen-bond acceptors (Lipinski definition) is 0. The summed E-state index contributed by atoms with van der Waals surface area (Å²) in [5.74, 6) is 0. The molecular formula is C60H38. The third-order valence-corrected chi connectivity index (χ3v) is 12.6. The Kier molecular flexibility index (Phi) is 7.96. The van der Waals surface area contributed by atoms with Gasteiger partial charge in [0.25, 0.3) is 0 Å². The highest BCUT2D eigenvalue weighted by Gasteiger charge is 2.22. The summed E-state index contributed by atoms with van der Waals surface area (Å²) in [6, 6.07) is 85.2. The third-order valence-electron chi connectivity index (χ3n) is 12.6. The quantitative estimate of drug-likeness (QED) is 0.148. The monoisotopic (exact) mass is 758 g/mol. The highest BCUT2D eigenvalue weighted by molar-refractivity contribution is 6.32. The van der Waals surface area contributed by atoms with Crippen molar-refractivity contribution in [3.8, 4) is 66.8 Å². The molecule has 0 nitrogen and oxygen atoms in total. The van der Waals surface area contributed by atoms with Crippen LogP contribution in [-0.4, -0.2) is 0 Å². The van der Waals surface area contributed by atoms with Gasteiger partial charge in [-0.1, -0.05) is 206 Å². The molecule has 0 aliphatic heterocycles. The van der Waals surface area contributed by atoms with Gasteiger partial charge in [0.05, 0.1) is 0 Å². The van der Waals surface area contributed by atoms with Crippen LogP contribution in [-0.2, 0) is 0 Å². The van der Waals surface area contributed by atoms with Gasteiger partial charge in [0.1, 0.15) is 0 Å². The Bertz CT molecular complexity index is 3560. The standard InChI is InChI=1S/C60H38/c1-4-16-40(17-5-1)54-37-56(46-25-14-24-45(36-46)49-30-29-42-20-12-13-26-48(42)58(49)43-21-8-3-9-22-43)52-33-31-51-55(41-18-6-2-7-19-41)38-57(53-34-32-50(54)59(52)60(51)53)47-28-27-39-15-10-11-23-44(39)35-47/h1-38H. The van der Waals surface area contributed by atoms with Crippen molar-refractivity contribution in [3.63, 3.8) is 0 Å². The molecule has 12 rings (SSSR count). The number of fused-ring (bicyclic) bond motifs is 2. The van der Waals surface area contributed by atoms with E-state index < -0.39 is 0 Å². The maximum absolute atomic E-state index is 2.44. The molecule has 0 heteroatoms. The lowest BCUT2D eigenvalue weighted by molar-refractivity contribution is 1.59. The molecule has 12 aromatic rings. The number of benzene rings is 12. The molecule has 0 radical (unpaired) electrons. The SMILES string of the molecule is c1ccc(-c2c(-c3cccc(-c4cc(-c5ccccc5)c5ccc6c(-c7ccc8ccccc8c7)cc(-c7ccccc7)c7ccc4c5c76)c3)ccc3ccccc23)cc1. The summed E-state index contributed by atoms with van der Waals surface area (Å²) in [6.45, 7) is 0. The lowest BCUT2D eigenvalue weighted by Crippen LogP contribution is -1.94. The van der Waals surface area contributed by atoms with Crippen molar-refractivity contribution in [2.24, 2.45) is 0 Å². The van der Waals surface area contributed by atoms with Crippen molar-refractivity contribution < 1.29 is 0 Å². The van der Waals surface area contributed by atoms with Crippen molar-refractivity contribution in [2.75, 3.05) is 0 Å². The van der Waals surface area contributed by atoms with Gasteiger partial charge >= 0.3 is 0 Å². The van der Waals surface area contributed by atoms with Crippen LogP contribution < -0.4 is 0 Å². The first kappa shape index (κ1) is 34.3. The molecule has 0 heterocycles.